The van der Waals surface area contributed by atoms with Gasteiger partial charge < -0.3 is 4.74 Å². The Bertz CT molecular complexity index is 824. The van der Waals surface area contributed by atoms with Gasteiger partial charge in [0.2, 0.25) is 10.0 Å². The smallest absolute Gasteiger partial charge is 0.241 e. The van der Waals surface area contributed by atoms with Crippen molar-refractivity contribution in [2.75, 3.05) is 13.2 Å². The van der Waals surface area contributed by atoms with Gasteiger partial charge >= 0.3 is 0 Å². The van der Waals surface area contributed by atoms with Crippen LogP contribution in [0.3, 0.4) is 0 Å². The lowest BCUT2D eigenvalue weighted by Gasteiger charge is -2.04. The molecule has 0 fully saturated rings. The summed E-state index contributed by atoms with van der Waals surface area (Å²) >= 11 is 5.78. The Morgan fingerprint density at radius 2 is 2.09 bits per heavy atom. The van der Waals surface area contributed by atoms with Crippen LogP contribution in [-0.4, -0.2) is 26.6 Å². The Hall–Kier alpha value is -2.07. The summed E-state index contributed by atoms with van der Waals surface area (Å²) < 4.78 is 31.7. The first-order valence-corrected chi connectivity index (χ1v) is 8.60. The lowest BCUT2D eigenvalue weighted by molar-refractivity contribution is 0.368. The zero-order valence-electron chi connectivity index (χ0n) is 12.4. The number of sulfonamides is 1. The Kier molecular flexibility index (Phi) is 5.99. The van der Waals surface area contributed by atoms with Gasteiger partial charge in [-0.1, -0.05) is 29.5 Å². The minimum Gasteiger partial charge on any atom is -0.479 e. The first-order chi connectivity index (χ1) is 11.0. The molecule has 0 saturated heterocycles. The van der Waals surface area contributed by atoms with E-state index in [1.165, 1.54) is 12.1 Å². The third kappa shape index (κ3) is 5.57. The van der Waals surface area contributed by atoms with Crippen LogP contribution >= 0.6 is 11.6 Å². The average molecular weight is 351 g/mol. The third-order valence-electron chi connectivity index (χ3n) is 2.78. The van der Waals surface area contributed by atoms with E-state index in [1.54, 1.807) is 24.4 Å². The third-order valence-corrected chi connectivity index (χ3v) is 4.41. The maximum absolute atomic E-state index is 12.0. The van der Waals surface area contributed by atoms with Crippen LogP contribution in [0.4, 0.5) is 0 Å². The number of rotatable bonds is 5. The average Bonchev–Trinajstić information content (AvgIpc) is 2.52. The number of aryl methyl sites for hydroxylation is 1. The number of pyridine rings is 1. The van der Waals surface area contributed by atoms with E-state index in [-0.39, 0.29) is 18.0 Å². The molecule has 23 heavy (non-hydrogen) atoms. The summed E-state index contributed by atoms with van der Waals surface area (Å²) in [6.07, 6.45) is 1.61. The van der Waals surface area contributed by atoms with Crippen LogP contribution in [-0.2, 0) is 10.0 Å². The van der Waals surface area contributed by atoms with Gasteiger partial charge in [0, 0.05) is 10.7 Å². The van der Waals surface area contributed by atoms with Crippen LogP contribution in [0, 0.1) is 18.8 Å². The number of halogens is 1. The minimum absolute atomic E-state index is 0.00957. The molecule has 2 aromatic rings. The van der Waals surface area contributed by atoms with E-state index in [4.69, 9.17) is 16.3 Å². The molecule has 0 radical (unpaired) electrons. The molecule has 1 aromatic carbocycles. The van der Waals surface area contributed by atoms with Gasteiger partial charge in [0.1, 0.15) is 12.4 Å². The molecule has 7 heteroatoms. The van der Waals surface area contributed by atoms with Gasteiger partial charge in [-0.05, 0) is 37.3 Å². The summed E-state index contributed by atoms with van der Waals surface area (Å²) in [5.41, 5.74) is 0.902. The van der Waals surface area contributed by atoms with Crippen molar-refractivity contribution in [3.05, 3.63) is 53.3 Å². The fourth-order valence-electron chi connectivity index (χ4n) is 1.62. The molecule has 1 aromatic heterocycles. The van der Waals surface area contributed by atoms with Crippen molar-refractivity contribution in [1.29, 1.82) is 0 Å². The first kappa shape index (κ1) is 17.3. The van der Waals surface area contributed by atoms with E-state index in [2.05, 4.69) is 21.5 Å². The van der Waals surface area contributed by atoms with E-state index >= 15 is 0 Å². The standard InChI is InChI=1S/C16H15ClN2O3S/c1-13-7-8-15(12-18-13)22-10-3-2-9-19-23(20,21)16-6-4-5-14(17)11-16/h4-8,11-12,19H,9-10H2,1H3. The number of nitrogens with zero attached hydrogens (tertiary/aromatic N) is 1. The monoisotopic (exact) mass is 350 g/mol. The summed E-state index contributed by atoms with van der Waals surface area (Å²) in [6, 6.07) is 9.66. The Morgan fingerprint density at radius 1 is 1.26 bits per heavy atom. The Morgan fingerprint density at radius 3 is 2.78 bits per heavy atom. The maximum Gasteiger partial charge on any atom is 0.241 e. The number of nitrogens with one attached hydrogen (secondary N) is 1. The molecule has 0 spiro atoms. The normalized spacial score (nSPS) is 10.7. The van der Waals surface area contributed by atoms with Gasteiger partial charge in [-0.25, -0.2) is 8.42 Å². The molecule has 0 unspecified atom stereocenters. The molecule has 1 N–H and O–H groups in total. The number of ether oxygens (including phenoxy) is 1. The highest BCUT2D eigenvalue weighted by Crippen LogP contribution is 2.14. The van der Waals surface area contributed by atoms with Crippen LogP contribution in [0.5, 0.6) is 5.75 Å². The topological polar surface area (TPSA) is 68.3 Å². The van der Waals surface area contributed by atoms with Crippen LogP contribution in [0.1, 0.15) is 5.69 Å². The highest BCUT2D eigenvalue weighted by Gasteiger charge is 2.12. The number of hydrogen-bond acceptors (Lipinski definition) is 4. The van der Waals surface area contributed by atoms with E-state index in [0.717, 1.165) is 5.69 Å². The summed E-state index contributed by atoms with van der Waals surface area (Å²) in [4.78, 5) is 4.20. The molecular weight excluding hydrogens is 336 g/mol. The van der Waals surface area contributed by atoms with Gasteiger partial charge in [0.15, 0.2) is 0 Å². The van der Waals surface area contributed by atoms with E-state index in [1.807, 2.05) is 13.0 Å². The second-order valence-corrected chi connectivity index (χ2v) is 6.76. The zero-order valence-corrected chi connectivity index (χ0v) is 14.0. The van der Waals surface area contributed by atoms with E-state index in [9.17, 15) is 8.42 Å². The van der Waals surface area contributed by atoms with Crippen molar-refractivity contribution in [2.45, 2.75) is 11.8 Å². The number of hydrogen-bond donors (Lipinski definition) is 1. The molecule has 1 heterocycles. The Labute approximate surface area is 140 Å². The number of aromatic nitrogens is 1. The highest BCUT2D eigenvalue weighted by molar-refractivity contribution is 7.89. The van der Waals surface area contributed by atoms with Gasteiger partial charge in [0.05, 0.1) is 17.6 Å². The van der Waals surface area contributed by atoms with Crippen LogP contribution in [0.15, 0.2) is 47.5 Å². The second kappa shape index (κ2) is 7.97. The SMILES string of the molecule is Cc1ccc(OCC#CCNS(=O)(=O)c2cccc(Cl)c2)cn1. The lowest BCUT2D eigenvalue weighted by Crippen LogP contribution is -2.24. The Balaban J connectivity index is 1.82. The largest absolute Gasteiger partial charge is 0.479 e. The summed E-state index contributed by atoms with van der Waals surface area (Å²) in [5.74, 6) is 6.03. The molecule has 0 saturated carbocycles. The molecule has 0 atom stereocenters. The highest BCUT2D eigenvalue weighted by atomic mass is 35.5. The van der Waals surface area contributed by atoms with Crippen LogP contribution < -0.4 is 9.46 Å². The van der Waals surface area contributed by atoms with Gasteiger partial charge in [-0.2, -0.15) is 4.72 Å². The fraction of sp³-hybridized carbons (Fsp3) is 0.188. The lowest BCUT2D eigenvalue weighted by atomic mass is 10.4. The van der Waals surface area contributed by atoms with E-state index in [0.29, 0.717) is 10.8 Å². The van der Waals surface area contributed by atoms with Crippen molar-refractivity contribution in [3.8, 4) is 17.6 Å². The summed E-state index contributed by atoms with van der Waals surface area (Å²) in [5, 5.41) is 0.360. The predicted octanol–water partition coefficient (Wildman–Crippen LogP) is 2.40. The van der Waals surface area contributed by atoms with Crippen molar-refractivity contribution in [2.24, 2.45) is 0 Å². The van der Waals surface area contributed by atoms with Crippen LogP contribution in [0.2, 0.25) is 5.02 Å². The minimum atomic E-state index is -3.61. The van der Waals surface area contributed by atoms with Gasteiger partial charge in [0.25, 0.3) is 0 Å². The molecule has 2 rings (SSSR count). The second-order valence-electron chi connectivity index (χ2n) is 4.56. The van der Waals surface area contributed by atoms with Crippen molar-refractivity contribution in [1.82, 2.24) is 9.71 Å². The summed E-state index contributed by atoms with van der Waals surface area (Å²) in [7, 11) is -3.61. The maximum atomic E-state index is 12.0. The molecular formula is C16H15ClN2O3S. The van der Waals surface area contributed by atoms with Gasteiger partial charge in [-0.15, -0.1) is 0 Å². The fourth-order valence-corrected chi connectivity index (χ4v) is 2.84. The molecule has 0 aliphatic heterocycles. The van der Waals surface area contributed by atoms with Crippen molar-refractivity contribution >= 4 is 21.6 Å². The van der Waals surface area contributed by atoms with E-state index < -0.39 is 10.0 Å². The molecule has 0 aliphatic carbocycles. The van der Waals surface area contributed by atoms with Crippen molar-refractivity contribution in [3.63, 3.8) is 0 Å². The van der Waals surface area contributed by atoms with Gasteiger partial charge in [-0.3, -0.25) is 4.98 Å². The molecule has 5 nitrogen and oxygen atoms in total. The molecule has 0 amide bonds. The molecule has 0 aliphatic rings. The zero-order chi connectivity index (χ0) is 16.7. The first-order valence-electron chi connectivity index (χ1n) is 6.74. The quantitative estimate of drug-likeness (QED) is 0.841. The van der Waals surface area contributed by atoms with Crippen LogP contribution in [0.25, 0.3) is 0 Å². The predicted molar refractivity (Wildman–Crippen MR) is 88.9 cm³/mol. The van der Waals surface area contributed by atoms with Crippen molar-refractivity contribution < 1.29 is 13.2 Å². The summed E-state index contributed by atoms with van der Waals surface area (Å²) in [6.45, 7) is 2.03. The number of benzene rings is 1. The molecule has 0 bridgehead atoms. The molecule has 120 valence electrons.